The molecule has 2 N–H and O–H groups in total. The highest BCUT2D eigenvalue weighted by molar-refractivity contribution is 8.01. The van der Waals surface area contributed by atoms with Gasteiger partial charge in [-0.2, -0.15) is 8.42 Å². The zero-order valence-electron chi connectivity index (χ0n) is 11.4. The minimum Gasteiger partial charge on any atom is -0.361 e. The number of hydrogen-bond donors (Lipinski definition) is 2. The Morgan fingerprint density at radius 1 is 1.60 bits per heavy atom. The van der Waals surface area contributed by atoms with Gasteiger partial charge in [-0.25, -0.2) is 0 Å². The highest BCUT2D eigenvalue weighted by Gasteiger charge is 2.29. The Labute approximate surface area is 124 Å². The zero-order chi connectivity index (χ0) is 14.4. The maximum absolute atomic E-state index is 10.9. The van der Waals surface area contributed by atoms with Gasteiger partial charge in [0.25, 0.3) is 10.1 Å². The fraction of sp³-hybridized carbons (Fsp3) is 0.667. The Hall–Kier alpha value is -0.540. The SMILES string of the molecule is CS(=O)(=O)OCCCC(C1=CC=CNS1)C1CNCO1. The van der Waals surface area contributed by atoms with Crippen LogP contribution < -0.4 is 10.0 Å². The van der Waals surface area contributed by atoms with Gasteiger partial charge in [-0.05, 0) is 36.9 Å². The lowest BCUT2D eigenvalue weighted by Gasteiger charge is -2.25. The van der Waals surface area contributed by atoms with Gasteiger partial charge in [0.15, 0.2) is 0 Å². The second-order valence-electron chi connectivity index (χ2n) is 4.73. The van der Waals surface area contributed by atoms with Crippen molar-refractivity contribution in [2.45, 2.75) is 18.9 Å². The largest absolute Gasteiger partial charge is 0.361 e. The van der Waals surface area contributed by atoms with Gasteiger partial charge in [-0.1, -0.05) is 0 Å². The van der Waals surface area contributed by atoms with Crippen molar-refractivity contribution < 1.29 is 17.3 Å². The van der Waals surface area contributed by atoms with E-state index in [9.17, 15) is 8.42 Å². The van der Waals surface area contributed by atoms with E-state index in [0.29, 0.717) is 13.2 Å². The van der Waals surface area contributed by atoms with Crippen molar-refractivity contribution in [2.75, 3.05) is 26.1 Å². The molecule has 2 atom stereocenters. The second kappa shape index (κ2) is 7.46. The van der Waals surface area contributed by atoms with E-state index < -0.39 is 10.1 Å². The Bertz CT molecular complexity index is 470. The molecule has 2 aliphatic heterocycles. The fourth-order valence-corrected chi connectivity index (χ4v) is 3.50. The van der Waals surface area contributed by atoms with Crippen LogP contribution in [0.5, 0.6) is 0 Å². The third kappa shape index (κ3) is 5.10. The number of hydrogen-bond acceptors (Lipinski definition) is 7. The van der Waals surface area contributed by atoms with Crippen LogP contribution in [0.3, 0.4) is 0 Å². The summed E-state index contributed by atoms with van der Waals surface area (Å²) in [6.07, 6.45) is 8.63. The molecule has 2 aliphatic rings. The Morgan fingerprint density at radius 2 is 2.45 bits per heavy atom. The smallest absolute Gasteiger partial charge is 0.264 e. The van der Waals surface area contributed by atoms with E-state index in [4.69, 9.17) is 8.92 Å². The van der Waals surface area contributed by atoms with Crippen LogP contribution in [0, 0.1) is 5.92 Å². The molecule has 0 amide bonds. The van der Waals surface area contributed by atoms with Crippen LogP contribution in [0.2, 0.25) is 0 Å². The van der Waals surface area contributed by atoms with Crippen molar-refractivity contribution >= 4 is 22.1 Å². The molecule has 0 aromatic heterocycles. The summed E-state index contributed by atoms with van der Waals surface area (Å²) in [5.41, 5.74) is 0. The third-order valence-electron chi connectivity index (χ3n) is 3.12. The third-order valence-corrected chi connectivity index (χ3v) is 4.64. The molecule has 2 heterocycles. The molecule has 20 heavy (non-hydrogen) atoms. The van der Waals surface area contributed by atoms with Crippen LogP contribution in [-0.2, 0) is 19.0 Å². The van der Waals surface area contributed by atoms with Gasteiger partial charge < -0.3 is 9.46 Å². The van der Waals surface area contributed by atoms with E-state index in [2.05, 4.69) is 16.1 Å². The molecule has 0 aromatic rings. The molecule has 0 saturated carbocycles. The summed E-state index contributed by atoms with van der Waals surface area (Å²) in [7, 11) is -3.35. The first-order chi connectivity index (χ1) is 9.56. The van der Waals surface area contributed by atoms with Gasteiger partial charge in [0.2, 0.25) is 0 Å². The summed E-state index contributed by atoms with van der Waals surface area (Å²) in [5, 5.41) is 3.18. The molecule has 114 valence electrons. The molecular formula is C12H20N2O4S2. The van der Waals surface area contributed by atoms with Crippen molar-refractivity contribution in [1.29, 1.82) is 0 Å². The van der Waals surface area contributed by atoms with E-state index in [0.717, 1.165) is 19.2 Å². The highest BCUT2D eigenvalue weighted by atomic mass is 32.2. The lowest BCUT2D eigenvalue weighted by Crippen LogP contribution is -2.27. The molecule has 8 heteroatoms. The molecule has 1 fully saturated rings. The molecule has 2 rings (SSSR count). The zero-order valence-corrected chi connectivity index (χ0v) is 13.0. The van der Waals surface area contributed by atoms with E-state index in [1.165, 1.54) is 4.91 Å². The number of allylic oxidation sites excluding steroid dienone is 2. The van der Waals surface area contributed by atoms with Gasteiger partial charge in [0.1, 0.15) is 0 Å². The lowest BCUT2D eigenvalue weighted by molar-refractivity contribution is 0.0768. The number of ether oxygens (including phenoxy) is 1. The molecule has 0 spiro atoms. The molecule has 2 unspecified atom stereocenters. The predicted molar refractivity (Wildman–Crippen MR) is 79.2 cm³/mol. The topological polar surface area (TPSA) is 76.7 Å². The minimum absolute atomic E-state index is 0.125. The van der Waals surface area contributed by atoms with E-state index in [-0.39, 0.29) is 18.6 Å². The van der Waals surface area contributed by atoms with E-state index in [1.807, 2.05) is 12.3 Å². The standard InChI is InChI=1S/C12H20N2O4S2/c1-20(15,16)18-7-3-4-10(11-8-13-9-17-11)12-5-2-6-14-19-12/h2,5-6,10-11,13-14H,3-4,7-9H2,1H3. The molecule has 0 aliphatic carbocycles. The quantitative estimate of drug-likeness (QED) is 0.411. The first-order valence-electron chi connectivity index (χ1n) is 6.52. The van der Waals surface area contributed by atoms with Crippen LogP contribution in [0.1, 0.15) is 12.8 Å². The Morgan fingerprint density at radius 3 is 3.05 bits per heavy atom. The fourth-order valence-electron chi connectivity index (χ4n) is 2.23. The van der Waals surface area contributed by atoms with Gasteiger partial charge in [-0.15, -0.1) is 0 Å². The second-order valence-corrected chi connectivity index (χ2v) is 7.28. The van der Waals surface area contributed by atoms with Gasteiger partial charge in [-0.3, -0.25) is 9.50 Å². The molecule has 0 aromatic carbocycles. The molecular weight excluding hydrogens is 300 g/mol. The van der Waals surface area contributed by atoms with Crippen LogP contribution in [0.15, 0.2) is 23.3 Å². The van der Waals surface area contributed by atoms with Crippen molar-refractivity contribution in [3.63, 3.8) is 0 Å². The number of rotatable bonds is 7. The van der Waals surface area contributed by atoms with Crippen molar-refractivity contribution in [2.24, 2.45) is 5.92 Å². The summed E-state index contributed by atoms with van der Waals surface area (Å²) < 4.78 is 35.5. The highest BCUT2D eigenvalue weighted by Crippen LogP contribution is 2.32. The van der Waals surface area contributed by atoms with Gasteiger partial charge in [0, 0.05) is 23.6 Å². The monoisotopic (exact) mass is 320 g/mol. The normalized spacial score (nSPS) is 24.2. The predicted octanol–water partition coefficient (Wildman–Crippen LogP) is 0.954. The summed E-state index contributed by atoms with van der Waals surface area (Å²) in [5.74, 6) is 0.246. The van der Waals surface area contributed by atoms with Crippen LogP contribution >= 0.6 is 11.9 Å². The average Bonchev–Trinajstić information content (AvgIpc) is 2.92. The Balaban J connectivity index is 1.89. The maximum atomic E-state index is 10.9. The van der Waals surface area contributed by atoms with Crippen LogP contribution in [0.25, 0.3) is 0 Å². The van der Waals surface area contributed by atoms with Crippen molar-refractivity contribution in [3.05, 3.63) is 23.3 Å². The summed E-state index contributed by atoms with van der Waals surface area (Å²) in [6.45, 7) is 1.61. The molecule has 6 nitrogen and oxygen atoms in total. The van der Waals surface area contributed by atoms with Gasteiger partial charge in [0.05, 0.1) is 25.7 Å². The van der Waals surface area contributed by atoms with E-state index in [1.54, 1.807) is 11.9 Å². The lowest BCUT2D eigenvalue weighted by atomic mass is 9.96. The molecule has 1 saturated heterocycles. The molecule has 0 radical (unpaired) electrons. The van der Waals surface area contributed by atoms with Crippen LogP contribution in [-0.4, -0.2) is 40.7 Å². The van der Waals surface area contributed by atoms with Crippen LogP contribution in [0.4, 0.5) is 0 Å². The summed E-state index contributed by atoms with van der Waals surface area (Å²) in [4.78, 5) is 1.21. The first kappa shape index (κ1) is 15.8. The average molecular weight is 320 g/mol. The summed E-state index contributed by atoms with van der Waals surface area (Å²) in [6, 6.07) is 0. The first-order valence-corrected chi connectivity index (χ1v) is 9.15. The van der Waals surface area contributed by atoms with Gasteiger partial charge >= 0.3 is 0 Å². The van der Waals surface area contributed by atoms with Crippen molar-refractivity contribution in [3.8, 4) is 0 Å². The summed E-state index contributed by atoms with van der Waals surface area (Å²) >= 11 is 1.58. The minimum atomic E-state index is -3.35. The Kier molecular flexibility index (Phi) is 5.91. The number of nitrogens with one attached hydrogen (secondary N) is 2. The van der Waals surface area contributed by atoms with E-state index >= 15 is 0 Å². The molecule has 0 bridgehead atoms. The maximum Gasteiger partial charge on any atom is 0.264 e. The van der Waals surface area contributed by atoms with Crippen molar-refractivity contribution in [1.82, 2.24) is 10.0 Å².